The lowest BCUT2D eigenvalue weighted by Crippen LogP contribution is -2.31. The maximum Gasteiger partial charge on any atom is 0.328 e. The van der Waals surface area contributed by atoms with Crippen LogP contribution in [0.1, 0.15) is 17.5 Å². The van der Waals surface area contributed by atoms with Crippen LogP contribution >= 0.6 is 11.3 Å². The summed E-state index contributed by atoms with van der Waals surface area (Å²) in [6.07, 6.45) is 1.53. The van der Waals surface area contributed by atoms with Crippen molar-refractivity contribution >= 4 is 17.2 Å². The van der Waals surface area contributed by atoms with E-state index in [4.69, 9.17) is 4.98 Å². The Morgan fingerprint density at radius 1 is 1.03 bits per heavy atom. The number of hydrogen-bond donors (Lipinski definition) is 2. The molecule has 0 bridgehead atoms. The van der Waals surface area contributed by atoms with Crippen LogP contribution in [0.2, 0.25) is 0 Å². The first kappa shape index (κ1) is 21.5. The lowest BCUT2D eigenvalue weighted by molar-refractivity contribution is -0.121. The van der Waals surface area contributed by atoms with Crippen LogP contribution in [0.5, 0.6) is 0 Å². The van der Waals surface area contributed by atoms with E-state index in [-0.39, 0.29) is 18.9 Å². The third-order valence-corrected chi connectivity index (χ3v) is 5.91. The van der Waals surface area contributed by atoms with E-state index < -0.39 is 11.2 Å². The van der Waals surface area contributed by atoms with Gasteiger partial charge in [-0.25, -0.2) is 9.78 Å². The van der Waals surface area contributed by atoms with Crippen LogP contribution in [0.3, 0.4) is 0 Å². The van der Waals surface area contributed by atoms with Crippen LogP contribution < -0.4 is 16.6 Å². The van der Waals surface area contributed by atoms with Crippen molar-refractivity contribution in [1.82, 2.24) is 19.9 Å². The molecule has 8 heteroatoms. The minimum Gasteiger partial charge on any atom is -0.352 e. The van der Waals surface area contributed by atoms with Gasteiger partial charge in [0.15, 0.2) is 0 Å². The van der Waals surface area contributed by atoms with E-state index >= 15 is 0 Å². The van der Waals surface area contributed by atoms with Crippen LogP contribution in [0.15, 0.2) is 75.8 Å². The molecule has 0 radical (unpaired) electrons. The quantitative estimate of drug-likeness (QED) is 0.455. The number of aromatic nitrogens is 3. The average molecular weight is 447 g/mol. The maximum atomic E-state index is 12.1. The molecule has 0 aliphatic carbocycles. The highest BCUT2D eigenvalue weighted by molar-refractivity contribution is 7.13. The van der Waals surface area contributed by atoms with Crippen LogP contribution in [-0.4, -0.2) is 20.4 Å². The third kappa shape index (κ3) is 5.28. The van der Waals surface area contributed by atoms with Gasteiger partial charge in [-0.3, -0.25) is 14.6 Å². The fraction of sp³-hybridized carbons (Fsp3) is 0.167. The minimum absolute atomic E-state index is 0.144. The van der Waals surface area contributed by atoms with Gasteiger partial charge in [0.25, 0.3) is 5.56 Å². The molecule has 4 rings (SSSR count). The summed E-state index contributed by atoms with van der Waals surface area (Å²) in [5, 5.41) is 5.85. The highest BCUT2D eigenvalue weighted by Crippen LogP contribution is 2.29. The Balaban J connectivity index is 1.32. The zero-order valence-corrected chi connectivity index (χ0v) is 18.3. The van der Waals surface area contributed by atoms with E-state index in [0.717, 1.165) is 27.4 Å². The Morgan fingerprint density at radius 3 is 2.47 bits per heavy atom. The number of carbonyl (C=O) groups is 1. The van der Waals surface area contributed by atoms with Crippen LogP contribution in [-0.2, 0) is 17.9 Å². The van der Waals surface area contributed by atoms with Crippen LogP contribution in [0.4, 0.5) is 0 Å². The molecule has 0 aliphatic heterocycles. The number of aromatic amines is 1. The van der Waals surface area contributed by atoms with Gasteiger partial charge in [0.1, 0.15) is 5.01 Å². The molecule has 0 saturated carbocycles. The summed E-state index contributed by atoms with van der Waals surface area (Å²) < 4.78 is 1.30. The fourth-order valence-electron chi connectivity index (χ4n) is 3.16. The molecule has 0 atom stereocenters. The second kappa shape index (κ2) is 9.57. The zero-order valence-electron chi connectivity index (χ0n) is 17.5. The van der Waals surface area contributed by atoms with Crippen molar-refractivity contribution in [1.29, 1.82) is 0 Å². The van der Waals surface area contributed by atoms with Gasteiger partial charge < -0.3 is 9.88 Å². The van der Waals surface area contributed by atoms with Crippen LogP contribution in [0, 0.1) is 6.92 Å². The summed E-state index contributed by atoms with van der Waals surface area (Å²) in [7, 11) is 0. The molecule has 0 aliphatic rings. The number of benzene rings is 2. The number of aryl methyl sites for hydroxylation is 2. The number of nitrogens with one attached hydrogen (secondary N) is 2. The molecule has 162 valence electrons. The molecule has 2 aromatic heterocycles. The van der Waals surface area contributed by atoms with Crippen molar-refractivity contribution in [3.05, 3.63) is 98.1 Å². The van der Waals surface area contributed by atoms with E-state index in [2.05, 4.69) is 46.9 Å². The average Bonchev–Trinajstić information content (AvgIpc) is 3.28. The Bertz CT molecular complexity index is 1340. The lowest BCUT2D eigenvalue weighted by atomic mass is 10.1. The molecular formula is C24H22N4O3S. The predicted molar refractivity (Wildman–Crippen MR) is 126 cm³/mol. The number of rotatable bonds is 7. The normalized spacial score (nSPS) is 10.8. The summed E-state index contributed by atoms with van der Waals surface area (Å²) >= 11 is 1.60. The van der Waals surface area contributed by atoms with E-state index in [1.807, 2.05) is 24.3 Å². The summed E-state index contributed by atoms with van der Waals surface area (Å²) in [6, 6.07) is 17.5. The highest BCUT2D eigenvalue weighted by Gasteiger charge is 2.08. The van der Waals surface area contributed by atoms with Crippen molar-refractivity contribution in [2.75, 3.05) is 0 Å². The summed E-state index contributed by atoms with van der Waals surface area (Å²) in [6.45, 7) is 2.66. The van der Waals surface area contributed by atoms with Gasteiger partial charge >= 0.3 is 5.69 Å². The topological polar surface area (TPSA) is 96.9 Å². The van der Waals surface area contributed by atoms with Gasteiger partial charge in [-0.05, 0) is 12.5 Å². The smallest absolute Gasteiger partial charge is 0.328 e. The number of carbonyl (C=O) groups excluding carboxylic acids is 1. The van der Waals surface area contributed by atoms with E-state index in [9.17, 15) is 14.4 Å². The monoisotopic (exact) mass is 446 g/mol. The molecule has 0 fully saturated rings. The third-order valence-electron chi connectivity index (χ3n) is 5.02. The molecule has 2 aromatic carbocycles. The molecule has 0 spiro atoms. The van der Waals surface area contributed by atoms with Gasteiger partial charge in [0, 0.05) is 48.3 Å². The molecule has 1 amide bonds. The standard InChI is InChI=1S/C24H22N4O3S/c1-16-2-6-18(7-3-16)20-15-32-23(26-20)19-8-4-17(5-9-19)14-25-21(29)10-12-28-13-11-22(30)27-24(28)31/h2-9,11,13,15H,10,12,14H2,1H3,(H,25,29)(H,27,30,31). The largest absolute Gasteiger partial charge is 0.352 e. The number of nitrogens with zero attached hydrogens (tertiary/aromatic N) is 2. The van der Waals surface area contributed by atoms with E-state index in [1.54, 1.807) is 11.3 Å². The van der Waals surface area contributed by atoms with Gasteiger partial charge in [-0.15, -0.1) is 11.3 Å². The van der Waals surface area contributed by atoms with E-state index in [1.165, 1.54) is 22.4 Å². The van der Waals surface area contributed by atoms with Crippen molar-refractivity contribution < 1.29 is 4.79 Å². The van der Waals surface area contributed by atoms with Gasteiger partial charge in [0.2, 0.25) is 5.91 Å². The predicted octanol–water partition coefficient (Wildman–Crippen LogP) is 3.34. The molecule has 32 heavy (non-hydrogen) atoms. The lowest BCUT2D eigenvalue weighted by Gasteiger charge is -2.07. The first-order valence-corrected chi connectivity index (χ1v) is 11.0. The maximum absolute atomic E-state index is 12.1. The molecule has 0 saturated heterocycles. The minimum atomic E-state index is -0.520. The second-order valence-corrected chi connectivity index (χ2v) is 8.29. The van der Waals surface area contributed by atoms with Crippen molar-refractivity contribution in [3.63, 3.8) is 0 Å². The molecule has 2 heterocycles. The summed E-state index contributed by atoms with van der Waals surface area (Å²) in [5.41, 5.74) is 4.30. The number of hydrogen-bond acceptors (Lipinski definition) is 5. The first-order chi connectivity index (χ1) is 15.5. The summed E-state index contributed by atoms with van der Waals surface area (Å²) in [4.78, 5) is 41.8. The summed E-state index contributed by atoms with van der Waals surface area (Å²) in [5.74, 6) is -0.171. The molecule has 4 aromatic rings. The van der Waals surface area contributed by atoms with Crippen LogP contribution in [0.25, 0.3) is 21.8 Å². The first-order valence-electron chi connectivity index (χ1n) is 10.2. The van der Waals surface area contributed by atoms with Crippen molar-refractivity contribution in [3.8, 4) is 21.8 Å². The Morgan fingerprint density at radius 2 is 1.75 bits per heavy atom. The molecular weight excluding hydrogens is 424 g/mol. The van der Waals surface area contributed by atoms with Gasteiger partial charge in [-0.1, -0.05) is 54.1 Å². The molecule has 0 unspecified atom stereocenters. The van der Waals surface area contributed by atoms with E-state index in [0.29, 0.717) is 6.54 Å². The molecule has 2 N–H and O–H groups in total. The fourth-order valence-corrected chi connectivity index (χ4v) is 4.00. The Hall–Kier alpha value is -3.78. The van der Waals surface area contributed by atoms with Gasteiger partial charge in [-0.2, -0.15) is 0 Å². The van der Waals surface area contributed by atoms with Crippen molar-refractivity contribution in [2.45, 2.75) is 26.4 Å². The number of H-pyrrole nitrogens is 1. The highest BCUT2D eigenvalue weighted by atomic mass is 32.1. The zero-order chi connectivity index (χ0) is 22.5. The molecule has 7 nitrogen and oxygen atoms in total. The van der Waals surface area contributed by atoms with Crippen molar-refractivity contribution in [2.24, 2.45) is 0 Å². The SMILES string of the molecule is Cc1ccc(-c2csc(-c3ccc(CNC(=O)CCn4ccc(=O)[nH]c4=O)cc3)n2)cc1. The Kier molecular flexibility index (Phi) is 6.42. The number of thiazole rings is 1. The Labute approximate surface area is 188 Å². The van der Waals surface area contributed by atoms with Gasteiger partial charge in [0.05, 0.1) is 5.69 Å². The second-order valence-electron chi connectivity index (χ2n) is 7.43. The number of amides is 1.